The van der Waals surface area contributed by atoms with Gasteiger partial charge in [-0.1, -0.05) is 29.5 Å². The van der Waals surface area contributed by atoms with Crippen LogP contribution in [0.3, 0.4) is 0 Å². The maximum atomic E-state index is 13.2. The van der Waals surface area contributed by atoms with E-state index in [4.69, 9.17) is 10.2 Å². The minimum atomic E-state index is -0.420. The predicted molar refractivity (Wildman–Crippen MR) is 115 cm³/mol. The molecular formula is C23H24N4OS. The summed E-state index contributed by atoms with van der Waals surface area (Å²) in [6.45, 7) is 4.17. The minimum absolute atomic E-state index is 0.0856. The zero-order valence-corrected chi connectivity index (χ0v) is 17.6. The van der Waals surface area contributed by atoms with Crippen molar-refractivity contribution in [2.75, 3.05) is 11.4 Å². The van der Waals surface area contributed by atoms with Crippen LogP contribution in [-0.2, 0) is 17.6 Å². The van der Waals surface area contributed by atoms with Crippen LogP contribution < -0.4 is 4.90 Å². The van der Waals surface area contributed by atoms with Crippen molar-refractivity contribution in [3.63, 3.8) is 0 Å². The van der Waals surface area contributed by atoms with E-state index in [2.05, 4.69) is 12.1 Å². The first-order valence-electron chi connectivity index (χ1n) is 9.88. The summed E-state index contributed by atoms with van der Waals surface area (Å²) >= 11 is 1.33. The molecule has 2 aromatic rings. The Balaban J connectivity index is 1.83. The molecule has 1 aromatic heterocycles. The molecule has 0 fully saturated rings. The number of aromatic nitrogens is 1. The van der Waals surface area contributed by atoms with Gasteiger partial charge in [0, 0.05) is 17.9 Å². The molecule has 3 rings (SSSR count). The van der Waals surface area contributed by atoms with Crippen LogP contribution in [-0.4, -0.2) is 22.7 Å². The van der Waals surface area contributed by atoms with Crippen molar-refractivity contribution < 1.29 is 4.79 Å². The molecule has 1 atom stereocenters. The largest absolute Gasteiger partial charge is 0.310 e. The summed E-state index contributed by atoms with van der Waals surface area (Å²) < 4.78 is 0. The molecule has 5 nitrogen and oxygen atoms in total. The van der Waals surface area contributed by atoms with Crippen LogP contribution >= 0.6 is 11.8 Å². The molecule has 1 unspecified atom stereocenters. The van der Waals surface area contributed by atoms with E-state index in [-0.39, 0.29) is 12.3 Å². The summed E-state index contributed by atoms with van der Waals surface area (Å²) in [6.07, 6.45) is 4.39. The van der Waals surface area contributed by atoms with Crippen molar-refractivity contribution in [2.24, 2.45) is 0 Å². The molecule has 29 heavy (non-hydrogen) atoms. The Labute approximate surface area is 176 Å². The van der Waals surface area contributed by atoms with E-state index in [1.54, 1.807) is 4.90 Å². The Morgan fingerprint density at radius 3 is 2.66 bits per heavy atom. The molecule has 0 bridgehead atoms. The maximum Gasteiger partial charge on any atom is 0.240 e. The van der Waals surface area contributed by atoms with Crippen molar-refractivity contribution in [3.05, 3.63) is 52.7 Å². The molecule has 148 valence electrons. The van der Waals surface area contributed by atoms with Crippen molar-refractivity contribution in [1.29, 1.82) is 10.5 Å². The van der Waals surface area contributed by atoms with Crippen LogP contribution in [0.4, 0.5) is 5.69 Å². The van der Waals surface area contributed by atoms with E-state index in [0.717, 1.165) is 48.2 Å². The van der Waals surface area contributed by atoms with Gasteiger partial charge in [-0.2, -0.15) is 10.5 Å². The SMILES string of the molecule is Cc1ccc(N(CCC#N)C(=O)C(C)Sc2nc3c(cc2C#N)CCCC3)cc1. The number of hydrogen-bond donors (Lipinski definition) is 0. The third kappa shape index (κ3) is 4.96. The fraction of sp³-hybridized carbons (Fsp3) is 0.391. The number of fused-ring (bicyclic) bond motifs is 1. The number of benzene rings is 1. The van der Waals surface area contributed by atoms with E-state index >= 15 is 0 Å². The lowest BCUT2D eigenvalue weighted by Crippen LogP contribution is -2.37. The third-order valence-corrected chi connectivity index (χ3v) is 6.17. The van der Waals surface area contributed by atoms with Crippen LogP contribution in [0.5, 0.6) is 0 Å². The van der Waals surface area contributed by atoms with Gasteiger partial charge in [-0.15, -0.1) is 0 Å². The zero-order chi connectivity index (χ0) is 20.8. The second kappa shape index (κ2) is 9.58. The van der Waals surface area contributed by atoms with Gasteiger partial charge in [-0.3, -0.25) is 4.79 Å². The molecule has 0 N–H and O–H groups in total. The molecule has 6 heteroatoms. The lowest BCUT2D eigenvalue weighted by Gasteiger charge is -2.25. The molecule has 1 aromatic carbocycles. The summed E-state index contributed by atoms with van der Waals surface area (Å²) in [7, 11) is 0. The quantitative estimate of drug-likeness (QED) is 0.659. The number of anilines is 1. The molecule has 1 aliphatic carbocycles. The van der Waals surface area contributed by atoms with Gasteiger partial charge in [-0.05, 0) is 63.3 Å². The second-order valence-corrected chi connectivity index (χ2v) is 8.59. The van der Waals surface area contributed by atoms with E-state index in [1.165, 1.54) is 11.8 Å². The molecule has 1 heterocycles. The van der Waals surface area contributed by atoms with Gasteiger partial charge in [0.2, 0.25) is 5.91 Å². The fourth-order valence-corrected chi connectivity index (χ4v) is 4.43. The first-order chi connectivity index (χ1) is 14.0. The Bertz CT molecular complexity index is 972. The molecule has 0 radical (unpaired) electrons. The molecule has 0 aliphatic heterocycles. The molecule has 1 aliphatic rings. The van der Waals surface area contributed by atoms with Crippen LogP contribution in [0, 0.1) is 29.6 Å². The van der Waals surface area contributed by atoms with Gasteiger partial charge in [0.05, 0.1) is 23.3 Å². The number of carbonyl (C=O) groups excluding carboxylic acids is 1. The van der Waals surface area contributed by atoms with E-state index in [9.17, 15) is 10.1 Å². The lowest BCUT2D eigenvalue weighted by atomic mass is 9.95. The number of thioether (sulfide) groups is 1. The van der Waals surface area contributed by atoms with Crippen molar-refractivity contribution >= 4 is 23.4 Å². The van der Waals surface area contributed by atoms with Crippen molar-refractivity contribution in [2.45, 2.75) is 56.2 Å². The first kappa shape index (κ1) is 20.9. The van der Waals surface area contributed by atoms with Crippen molar-refractivity contribution in [1.82, 2.24) is 4.98 Å². The summed E-state index contributed by atoms with van der Waals surface area (Å²) in [5, 5.41) is 18.8. The smallest absolute Gasteiger partial charge is 0.240 e. The highest BCUT2D eigenvalue weighted by molar-refractivity contribution is 8.00. The Hall–Kier alpha value is -2.83. The maximum absolute atomic E-state index is 13.2. The summed E-state index contributed by atoms with van der Waals surface area (Å²) in [5.41, 5.74) is 4.64. The van der Waals surface area contributed by atoms with Crippen molar-refractivity contribution in [3.8, 4) is 12.1 Å². The molecule has 0 saturated carbocycles. The highest BCUT2D eigenvalue weighted by Crippen LogP contribution is 2.31. The second-order valence-electron chi connectivity index (χ2n) is 7.26. The van der Waals surface area contributed by atoms with Crippen LogP contribution in [0.15, 0.2) is 35.4 Å². The zero-order valence-electron chi connectivity index (χ0n) is 16.8. The minimum Gasteiger partial charge on any atom is -0.310 e. The van der Waals surface area contributed by atoms with Crippen LogP contribution in [0.1, 0.15) is 48.6 Å². The van der Waals surface area contributed by atoms with Crippen LogP contribution in [0.2, 0.25) is 0 Å². The van der Waals surface area contributed by atoms with Gasteiger partial charge < -0.3 is 4.90 Å². The Morgan fingerprint density at radius 1 is 1.24 bits per heavy atom. The third-order valence-electron chi connectivity index (χ3n) is 5.08. The molecule has 0 spiro atoms. The van der Waals surface area contributed by atoms with Gasteiger partial charge >= 0.3 is 0 Å². The number of nitrogens with zero attached hydrogens (tertiary/aromatic N) is 4. The van der Waals surface area contributed by atoms with Crippen LogP contribution in [0.25, 0.3) is 0 Å². The van der Waals surface area contributed by atoms with E-state index in [1.807, 2.05) is 44.2 Å². The number of hydrogen-bond acceptors (Lipinski definition) is 5. The van der Waals surface area contributed by atoms with Gasteiger partial charge in [0.15, 0.2) is 0 Å². The standard InChI is InChI=1S/C23H24N4OS/c1-16-8-10-20(11-9-16)27(13-5-12-24)23(28)17(2)29-22-19(15-25)14-18-6-3-4-7-21(18)26-22/h8-11,14,17H,3-7,13H2,1-2H3. The molecular weight excluding hydrogens is 380 g/mol. The average molecular weight is 405 g/mol. The van der Waals surface area contributed by atoms with E-state index in [0.29, 0.717) is 17.1 Å². The first-order valence-corrected chi connectivity index (χ1v) is 10.8. The summed E-state index contributed by atoms with van der Waals surface area (Å²) in [6, 6.07) is 14.0. The Kier molecular flexibility index (Phi) is 6.90. The number of carbonyl (C=O) groups is 1. The summed E-state index contributed by atoms with van der Waals surface area (Å²) in [4.78, 5) is 19.6. The molecule has 1 amide bonds. The number of rotatable bonds is 6. The number of pyridine rings is 1. The number of aryl methyl sites for hydroxylation is 3. The van der Waals surface area contributed by atoms with Gasteiger partial charge in [0.1, 0.15) is 11.1 Å². The van der Waals surface area contributed by atoms with Gasteiger partial charge in [0.25, 0.3) is 0 Å². The van der Waals surface area contributed by atoms with Gasteiger partial charge in [-0.25, -0.2) is 4.98 Å². The summed E-state index contributed by atoms with van der Waals surface area (Å²) in [5.74, 6) is -0.0856. The highest BCUT2D eigenvalue weighted by atomic mass is 32.2. The Morgan fingerprint density at radius 2 is 1.97 bits per heavy atom. The number of amides is 1. The normalized spacial score (nSPS) is 13.7. The topological polar surface area (TPSA) is 80.8 Å². The monoisotopic (exact) mass is 404 g/mol. The highest BCUT2D eigenvalue weighted by Gasteiger charge is 2.25. The molecule has 0 saturated heterocycles. The average Bonchev–Trinajstić information content (AvgIpc) is 2.74. The van der Waals surface area contributed by atoms with E-state index < -0.39 is 5.25 Å². The number of nitriles is 2. The lowest BCUT2D eigenvalue weighted by molar-refractivity contribution is -0.117. The fourth-order valence-electron chi connectivity index (χ4n) is 3.47. The predicted octanol–water partition coefficient (Wildman–Crippen LogP) is 4.57.